The second-order valence-corrected chi connectivity index (χ2v) is 10.2. The summed E-state index contributed by atoms with van der Waals surface area (Å²) in [4.78, 5) is 14.0. The first-order valence-electron chi connectivity index (χ1n) is 11.9. The van der Waals surface area contributed by atoms with Crippen LogP contribution in [0.3, 0.4) is 0 Å². The molecular weight excluding hydrogens is 533 g/mol. The molecule has 4 rings (SSSR count). The van der Waals surface area contributed by atoms with Crippen LogP contribution < -0.4 is 9.50 Å². The van der Waals surface area contributed by atoms with Crippen molar-refractivity contribution in [1.29, 1.82) is 0 Å². The highest BCUT2D eigenvalue weighted by atomic mass is 32.2. The average molecular weight is 559 g/mol. The Labute approximate surface area is 224 Å². The maximum Gasteiger partial charge on any atom is 0.416 e. The minimum Gasteiger partial charge on any atom is -0.467 e. The van der Waals surface area contributed by atoms with Gasteiger partial charge in [-0.25, -0.2) is 4.79 Å². The van der Waals surface area contributed by atoms with Crippen molar-refractivity contribution in [2.45, 2.75) is 37.5 Å². The van der Waals surface area contributed by atoms with E-state index in [0.29, 0.717) is 23.1 Å². The number of nitrogens with one attached hydrogen (secondary N) is 1. The molecule has 2 amide bonds. The SMILES string of the molecule is CCc1cccc(NC(=O)N(Cc2cccc(OS(=O)(=O)c3cccc(C(F)(F)F)c3)c2)Cc2ccco2)c1. The lowest BCUT2D eigenvalue weighted by Crippen LogP contribution is -2.34. The van der Waals surface area contributed by atoms with Crippen LogP contribution in [0.2, 0.25) is 0 Å². The molecule has 3 aromatic carbocycles. The lowest BCUT2D eigenvalue weighted by atomic mass is 10.1. The number of anilines is 1. The number of alkyl halides is 3. The normalized spacial score (nSPS) is 11.7. The summed E-state index contributed by atoms with van der Waals surface area (Å²) in [6.07, 6.45) is -2.42. The van der Waals surface area contributed by atoms with Crippen LogP contribution in [0.5, 0.6) is 5.75 Å². The van der Waals surface area contributed by atoms with Crippen LogP contribution in [0, 0.1) is 0 Å². The highest BCUT2D eigenvalue weighted by molar-refractivity contribution is 7.87. The minimum absolute atomic E-state index is 0.0564. The van der Waals surface area contributed by atoms with Crippen LogP contribution in [-0.4, -0.2) is 19.3 Å². The fourth-order valence-electron chi connectivity index (χ4n) is 3.78. The van der Waals surface area contributed by atoms with Gasteiger partial charge < -0.3 is 18.8 Å². The molecule has 1 N–H and O–H groups in total. The van der Waals surface area contributed by atoms with E-state index >= 15 is 0 Å². The van der Waals surface area contributed by atoms with Gasteiger partial charge in [0, 0.05) is 12.2 Å². The Kier molecular flexibility index (Phi) is 8.29. The number of urea groups is 1. The van der Waals surface area contributed by atoms with E-state index < -0.39 is 32.8 Å². The number of hydrogen-bond donors (Lipinski definition) is 1. The highest BCUT2D eigenvalue weighted by Crippen LogP contribution is 2.31. The second kappa shape index (κ2) is 11.6. The molecule has 204 valence electrons. The fourth-order valence-corrected chi connectivity index (χ4v) is 4.75. The Hall–Kier alpha value is -4.25. The van der Waals surface area contributed by atoms with Crippen molar-refractivity contribution in [2.75, 3.05) is 5.32 Å². The first-order valence-corrected chi connectivity index (χ1v) is 13.3. The summed E-state index contributed by atoms with van der Waals surface area (Å²) in [5.74, 6) is 0.422. The molecule has 7 nitrogen and oxygen atoms in total. The van der Waals surface area contributed by atoms with E-state index in [9.17, 15) is 26.4 Å². The van der Waals surface area contributed by atoms with Crippen LogP contribution >= 0.6 is 0 Å². The van der Waals surface area contributed by atoms with E-state index in [1.807, 2.05) is 25.1 Å². The zero-order valence-corrected chi connectivity index (χ0v) is 21.6. The van der Waals surface area contributed by atoms with Gasteiger partial charge in [0.05, 0.1) is 18.4 Å². The standard InChI is InChI=1S/C28H25F3N2O5S/c1-2-20-7-3-10-23(15-20)32-27(34)33(19-25-12-6-14-37-25)18-21-8-4-11-24(16-21)38-39(35,36)26-13-5-9-22(17-26)28(29,30)31/h3-17H,2,18-19H2,1H3,(H,32,34). The first-order chi connectivity index (χ1) is 18.5. The largest absolute Gasteiger partial charge is 0.467 e. The Morgan fingerprint density at radius 2 is 1.67 bits per heavy atom. The molecule has 0 fully saturated rings. The van der Waals surface area contributed by atoms with Gasteiger partial charge in [0.25, 0.3) is 0 Å². The van der Waals surface area contributed by atoms with Gasteiger partial charge in [0.2, 0.25) is 0 Å². The number of aryl methyl sites for hydroxylation is 1. The number of rotatable bonds is 9. The van der Waals surface area contributed by atoms with E-state index in [0.717, 1.165) is 30.2 Å². The predicted octanol–water partition coefficient (Wildman–Crippen LogP) is 6.86. The summed E-state index contributed by atoms with van der Waals surface area (Å²) in [7, 11) is -4.55. The molecule has 0 radical (unpaired) electrons. The van der Waals surface area contributed by atoms with Crippen LogP contribution in [0.4, 0.5) is 23.7 Å². The van der Waals surface area contributed by atoms with Crippen molar-refractivity contribution in [3.8, 4) is 5.75 Å². The van der Waals surface area contributed by atoms with E-state index in [1.54, 1.807) is 24.3 Å². The Morgan fingerprint density at radius 3 is 2.38 bits per heavy atom. The molecule has 0 aliphatic rings. The summed E-state index contributed by atoms with van der Waals surface area (Å²) in [6.45, 7) is 2.19. The van der Waals surface area contributed by atoms with Gasteiger partial charge in [0.15, 0.2) is 0 Å². The van der Waals surface area contributed by atoms with Crippen LogP contribution in [0.25, 0.3) is 0 Å². The van der Waals surface area contributed by atoms with Crippen molar-refractivity contribution >= 4 is 21.8 Å². The van der Waals surface area contributed by atoms with E-state index in [4.69, 9.17) is 8.60 Å². The quantitative estimate of drug-likeness (QED) is 0.227. The Balaban J connectivity index is 1.54. The maximum atomic E-state index is 13.2. The fraction of sp³-hybridized carbons (Fsp3) is 0.179. The number of carbonyl (C=O) groups excluding carboxylic acids is 1. The topological polar surface area (TPSA) is 88.9 Å². The zero-order valence-electron chi connectivity index (χ0n) is 20.8. The van der Waals surface area contributed by atoms with Gasteiger partial charge in [0.1, 0.15) is 16.4 Å². The van der Waals surface area contributed by atoms with Gasteiger partial charge in [-0.2, -0.15) is 21.6 Å². The van der Waals surface area contributed by atoms with Gasteiger partial charge in [-0.3, -0.25) is 0 Å². The van der Waals surface area contributed by atoms with Gasteiger partial charge in [-0.05, 0) is 72.1 Å². The number of amides is 2. The molecule has 0 aliphatic carbocycles. The second-order valence-electron chi connectivity index (χ2n) is 8.63. The molecule has 1 aromatic heterocycles. The summed E-state index contributed by atoms with van der Waals surface area (Å²) < 4.78 is 75.1. The van der Waals surface area contributed by atoms with Crippen molar-refractivity contribution in [3.05, 3.63) is 114 Å². The van der Waals surface area contributed by atoms with Crippen LogP contribution in [-0.2, 0) is 35.8 Å². The van der Waals surface area contributed by atoms with Crippen LogP contribution in [0.15, 0.2) is 101 Å². The number of furan rings is 1. The Bertz CT molecular complexity index is 1540. The summed E-state index contributed by atoms with van der Waals surface area (Å²) >= 11 is 0. The first kappa shape index (κ1) is 27.8. The summed E-state index contributed by atoms with van der Waals surface area (Å²) in [6, 6.07) is 19.7. The third-order valence-corrected chi connectivity index (χ3v) is 6.97. The molecular formula is C28H25F3N2O5S. The van der Waals surface area contributed by atoms with Crippen molar-refractivity contribution in [1.82, 2.24) is 4.90 Å². The molecule has 39 heavy (non-hydrogen) atoms. The van der Waals surface area contributed by atoms with Gasteiger partial charge in [-0.15, -0.1) is 0 Å². The highest BCUT2D eigenvalue weighted by Gasteiger charge is 2.32. The molecule has 0 saturated carbocycles. The minimum atomic E-state index is -4.71. The molecule has 0 unspecified atom stereocenters. The average Bonchev–Trinajstić information content (AvgIpc) is 3.41. The number of benzene rings is 3. The molecule has 0 atom stereocenters. The van der Waals surface area contributed by atoms with Crippen molar-refractivity contribution in [3.63, 3.8) is 0 Å². The number of nitrogens with zero attached hydrogens (tertiary/aromatic N) is 1. The number of halogens is 3. The smallest absolute Gasteiger partial charge is 0.416 e. The van der Waals surface area contributed by atoms with Crippen molar-refractivity contribution < 1.29 is 35.0 Å². The van der Waals surface area contributed by atoms with E-state index in [1.165, 1.54) is 29.4 Å². The van der Waals surface area contributed by atoms with E-state index in [2.05, 4.69) is 5.32 Å². The third kappa shape index (κ3) is 7.41. The molecule has 4 aromatic rings. The molecule has 11 heteroatoms. The molecule has 0 aliphatic heterocycles. The molecule has 1 heterocycles. The monoisotopic (exact) mass is 558 g/mol. The van der Waals surface area contributed by atoms with Crippen molar-refractivity contribution in [2.24, 2.45) is 0 Å². The molecule has 0 bridgehead atoms. The molecule has 0 saturated heterocycles. The van der Waals surface area contributed by atoms with Gasteiger partial charge in [-0.1, -0.05) is 37.3 Å². The van der Waals surface area contributed by atoms with Gasteiger partial charge >= 0.3 is 22.3 Å². The lowest BCUT2D eigenvalue weighted by Gasteiger charge is -2.23. The number of carbonyl (C=O) groups is 1. The maximum absolute atomic E-state index is 13.2. The Morgan fingerprint density at radius 1 is 0.923 bits per heavy atom. The summed E-state index contributed by atoms with van der Waals surface area (Å²) in [5, 5.41) is 2.87. The third-order valence-electron chi connectivity index (χ3n) is 5.73. The predicted molar refractivity (Wildman–Crippen MR) is 138 cm³/mol. The zero-order chi connectivity index (χ0) is 28.0. The number of hydrogen-bond acceptors (Lipinski definition) is 5. The summed E-state index contributed by atoms with van der Waals surface area (Å²) in [5.41, 5.74) is 1.09. The molecule has 0 spiro atoms. The van der Waals surface area contributed by atoms with Crippen LogP contribution in [0.1, 0.15) is 29.4 Å². The van der Waals surface area contributed by atoms with E-state index in [-0.39, 0.29) is 18.8 Å². The lowest BCUT2D eigenvalue weighted by molar-refractivity contribution is -0.137.